The van der Waals surface area contributed by atoms with E-state index in [2.05, 4.69) is 0 Å². The zero-order valence-corrected chi connectivity index (χ0v) is 7.64. The molecule has 0 saturated heterocycles. The van der Waals surface area contributed by atoms with Crippen LogP contribution in [-0.4, -0.2) is 11.1 Å². The summed E-state index contributed by atoms with van der Waals surface area (Å²) >= 11 is 0. The Morgan fingerprint density at radius 1 is 0.812 bits per heavy atom. The maximum atomic E-state index is 10.8. The first-order valence-corrected chi connectivity index (χ1v) is 3.82. The monoisotopic (exact) mass is 209 g/mol. The molecule has 0 aromatic heterocycles. The number of hydrogen-bond acceptors (Lipinski definition) is 5. The standard InChI is InChI=1S/C10HN4O2/c11-1-5-6(2-12)8(4-14)9(10(15)16)7(5)3-13/h(H,15,16). The van der Waals surface area contributed by atoms with Gasteiger partial charge in [-0.05, 0) is 0 Å². The minimum atomic E-state index is -1.51. The summed E-state index contributed by atoms with van der Waals surface area (Å²) in [5, 5.41) is 43.7. The van der Waals surface area contributed by atoms with Gasteiger partial charge in [-0.15, -0.1) is 0 Å². The Kier molecular flexibility index (Phi) is 3.09. The Morgan fingerprint density at radius 2 is 1.12 bits per heavy atom. The van der Waals surface area contributed by atoms with E-state index < -0.39 is 23.7 Å². The number of carboxylic acids is 1. The van der Waals surface area contributed by atoms with Crippen molar-refractivity contribution >= 4 is 5.97 Å². The molecule has 0 atom stereocenters. The summed E-state index contributed by atoms with van der Waals surface area (Å²) in [4.78, 5) is 10.8. The van der Waals surface area contributed by atoms with Gasteiger partial charge in [-0.25, -0.2) is 0 Å². The highest BCUT2D eigenvalue weighted by molar-refractivity contribution is 6.00. The minimum absolute atomic E-state index is 0.362. The van der Waals surface area contributed by atoms with Crippen LogP contribution in [0.3, 0.4) is 0 Å². The molecule has 1 rings (SSSR count). The molecule has 1 saturated carbocycles. The molecule has 1 fully saturated rings. The molecule has 1 N–H and O–H groups in total. The van der Waals surface area contributed by atoms with Crippen molar-refractivity contribution in [3.8, 4) is 24.3 Å². The van der Waals surface area contributed by atoms with E-state index in [9.17, 15) is 4.79 Å². The fourth-order valence-corrected chi connectivity index (χ4v) is 1.29. The second-order valence-electron chi connectivity index (χ2n) is 2.63. The third kappa shape index (κ3) is 1.44. The van der Waals surface area contributed by atoms with Gasteiger partial charge >= 0.3 is 5.97 Å². The second-order valence-corrected chi connectivity index (χ2v) is 2.63. The van der Waals surface area contributed by atoms with Crippen LogP contribution in [0.5, 0.6) is 0 Å². The number of carboxylic acid groups (broad SMARTS) is 1. The quantitative estimate of drug-likeness (QED) is 0.648. The lowest BCUT2D eigenvalue weighted by atomic mass is 9.89. The smallest absolute Gasteiger partial charge is 0.314 e. The lowest BCUT2D eigenvalue weighted by molar-refractivity contribution is -0.134. The first-order valence-electron chi connectivity index (χ1n) is 3.82. The van der Waals surface area contributed by atoms with E-state index in [4.69, 9.17) is 26.2 Å². The van der Waals surface area contributed by atoms with Crippen LogP contribution in [0.15, 0.2) is 0 Å². The number of hydrogen-bond donors (Lipinski definition) is 1. The molecule has 16 heavy (non-hydrogen) atoms. The highest BCUT2D eigenvalue weighted by Crippen LogP contribution is 2.51. The van der Waals surface area contributed by atoms with Gasteiger partial charge in [-0.2, -0.15) is 21.0 Å². The summed E-state index contributed by atoms with van der Waals surface area (Å²) in [7, 11) is 0. The zero-order valence-electron chi connectivity index (χ0n) is 7.64. The number of rotatable bonds is 1. The fourth-order valence-electron chi connectivity index (χ4n) is 1.29. The van der Waals surface area contributed by atoms with E-state index in [1.165, 1.54) is 12.1 Å². The van der Waals surface area contributed by atoms with Crippen molar-refractivity contribution in [2.24, 2.45) is 0 Å². The van der Waals surface area contributed by atoms with Gasteiger partial charge in [0, 0.05) is 0 Å². The molecule has 5 radical (unpaired) electrons. The average Bonchev–Trinajstić information content (AvgIpc) is 2.60. The van der Waals surface area contributed by atoms with Crippen molar-refractivity contribution in [1.82, 2.24) is 0 Å². The molecule has 0 aliphatic heterocycles. The molecule has 1 aliphatic rings. The van der Waals surface area contributed by atoms with Crippen LogP contribution >= 0.6 is 0 Å². The maximum absolute atomic E-state index is 10.8. The van der Waals surface area contributed by atoms with Gasteiger partial charge < -0.3 is 5.11 Å². The van der Waals surface area contributed by atoms with Crippen molar-refractivity contribution in [3.05, 3.63) is 29.6 Å². The number of nitrogens with zero attached hydrogens (tertiary/aromatic N) is 4. The zero-order chi connectivity index (χ0) is 12.3. The van der Waals surface area contributed by atoms with Crippen molar-refractivity contribution in [3.63, 3.8) is 0 Å². The molecule has 73 valence electrons. The SMILES string of the molecule is N#C[C]1[C](C#N)[C](C#N)[C](C(=O)O)[C]1C#N. The Labute approximate surface area is 91.5 Å². The Balaban J connectivity index is 3.27. The van der Waals surface area contributed by atoms with Gasteiger partial charge in [-0.3, -0.25) is 4.79 Å². The molecular formula is C10HN4O2. The highest BCUT2D eigenvalue weighted by Gasteiger charge is 2.58. The molecule has 0 unspecified atom stereocenters. The van der Waals surface area contributed by atoms with Crippen LogP contribution < -0.4 is 0 Å². The Bertz CT molecular complexity index is 435. The molecule has 0 amide bonds. The van der Waals surface area contributed by atoms with E-state index in [1.807, 2.05) is 0 Å². The van der Waals surface area contributed by atoms with Gasteiger partial charge in [0.1, 0.15) is 29.6 Å². The van der Waals surface area contributed by atoms with E-state index in [1.54, 1.807) is 12.1 Å². The van der Waals surface area contributed by atoms with Crippen molar-refractivity contribution < 1.29 is 9.90 Å². The predicted molar refractivity (Wildman–Crippen MR) is 46.3 cm³/mol. The van der Waals surface area contributed by atoms with Crippen LogP contribution in [0.4, 0.5) is 0 Å². The lowest BCUT2D eigenvalue weighted by Crippen LogP contribution is -2.19. The molecule has 0 aromatic rings. The highest BCUT2D eigenvalue weighted by atomic mass is 16.4. The summed E-state index contributed by atoms with van der Waals surface area (Å²) in [5.74, 6) is -3.70. The summed E-state index contributed by atoms with van der Waals surface area (Å²) in [6.07, 6.45) is 0. The third-order valence-electron chi connectivity index (χ3n) is 1.91. The first kappa shape index (κ1) is 11.5. The van der Waals surface area contributed by atoms with E-state index in [-0.39, 0.29) is 11.8 Å². The molecule has 1 aliphatic carbocycles. The van der Waals surface area contributed by atoms with Crippen LogP contribution in [-0.2, 0) is 4.79 Å². The summed E-state index contributed by atoms with van der Waals surface area (Å²) in [6, 6.07) is 6.15. The van der Waals surface area contributed by atoms with Crippen LogP contribution in [0.25, 0.3) is 0 Å². The van der Waals surface area contributed by atoms with Gasteiger partial charge in [0.2, 0.25) is 0 Å². The summed E-state index contributed by atoms with van der Waals surface area (Å²) in [6.45, 7) is 0. The second kappa shape index (κ2) is 4.30. The Hall–Kier alpha value is -2.57. The number of aliphatic carboxylic acids is 1. The molecule has 0 aromatic carbocycles. The molecule has 0 spiro atoms. The van der Waals surface area contributed by atoms with Crippen molar-refractivity contribution in [1.29, 1.82) is 21.0 Å². The lowest BCUT2D eigenvalue weighted by Gasteiger charge is -2.07. The normalized spacial score (nSPS) is 19.5. The van der Waals surface area contributed by atoms with Crippen molar-refractivity contribution in [2.45, 2.75) is 0 Å². The van der Waals surface area contributed by atoms with E-state index >= 15 is 0 Å². The average molecular weight is 209 g/mol. The molecule has 6 nitrogen and oxygen atoms in total. The topological polar surface area (TPSA) is 132 Å². The Morgan fingerprint density at radius 3 is 1.31 bits per heavy atom. The minimum Gasteiger partial charge on any atom is -0.481 e. The fraction of sp³-hybridized carbons (Fsp3) is 0. The van der Waals surface area contributed by atoms with Gasteiger partial charge in [0.05, 0.1) is 24.3 Å². The number of nitriles is 4. The summed E-state index contributed by atoms with van der Waals surface area (Å²) < 4.78 is 0. The number of carbonyl (C=O) groups is 1. The largest absolute Gasteiger partial charge is 0.481 e. The first-order chi connectivity index (χ1) is 7.62. The van der Waals surface area contributed by atoms with Crippen LogP contribution in [0.1, 0.15) is 0 Å². The molecule has 0 heterocycles. The van der Waals surface area contributed by atoms with Gasteiger partial charge in [-0.1, -0.05) is 0 Å². The maximum Gasteiger partial charge on any atom is 0.314 e. The van der Waals surface area contributed by atoms with E-state index in [0.717, 1.165) is 0 Å². The van der Waals surface area contributed by atoms with Crippen LogP contribution in [0.2, 0.25) is 0 Å². The predicted octanol–water partition coefficient (Wildman–Crippen LogP) is 0.0514. The summed E-state index contributed by atoms with van der Waals surface area (Å²) in [5.41, 5.74) is 0. The molecule has 6 heteroatoms. The van der Waals surface area contributed by atoms with E-state index in [0.29, 0.717) is 0 Å². The molecular weight excluding hydrogens is 208 g/mol. The van der Waals surface area contributed by atoms with Gasteiger partial charge in [0.25, 0.3) is 0 Å². The van der Waals surface area contributed by atoms with Crippen LogP contribution in [0, 0.1) is 74.9 Å². The van der Waals surface area contributed by atoms with Gasteiger partial charge in [0.15, 0.2) is 0 Å². The molecule has 0 bridgehead atoms. The van der Waals surface area contributed by atoms with Crippen molar-refractivity contribution in [2.75, 3.05) is 0 Å². The third-order valence-corrected chi connectivity index (χ3v) is 1.91.